The van der Waals surface area contributed by atoms with Gasteiger partial charge in [0.05, 0.1) is 11.3 Å². The number of aryl methyl sites for hydroxylation is 1. The Morgan fingerprint density at radius 1 is 1.10 bits per heavy atom. The number of carbonyl (C=O) groups is 1. The predicted molar refractivity (Wildman–Crippen MR) is 125 cm³/mol. The molecule has 0 atom stereocenters. The van der Waals surface area contributed by atoms with Crippen molar-refractivity contribution in [2.75, 3.05) is 11.3 Å². The standard InChI is InChI=1S/C24H25N3O3S/c1-17-7-12-22(13-23(17)24(28)29)31-27-20-8-10-21(11-9-20)30-16-19(25)15-26-14-18-5-3-2-4-6-18/h2-13,15,26-27H,14,16,25H2,1H3,(H,28,29)/b19-15-. The average molecular weight is 436 g/mol. The summed E-state index contributed by atoms with van der Waals surface area (Å²) in [4.78, 5) is 12.1. The van der Waals surface area contributed by atoms with E-state index in [-0.39, 0.29) is 6.61 Å². The Kier molecular flexibility index (Phi) is 7.84. The molecule has 0 saturated carbocycles. The third-order valence-corrected chi connectivity index (χ3v) is 5.25. The quantitative estimate of drug-likeness (QED) is 0.340. The van der Waals surface area contributed by atoms with Crippen molar-refractivity contribution in [1.82, 2.24) is 5.32 Å². The first-order valence-corrected chi connectivity index (χ1v) is 10.5. The lowest BCUT2D eigenvalue weighted by molar-refractivity contribution is 0.0696. The Hall–Kier alpha value is -3.58. The van der Waals surface area contributed by atoms with Gasteiger partial charge in [0, 0.05) is 23.3 Å². The maximum absolute atomic E-state index is 11.3. The SMILES string of the molecule is Cc1ccc(SNc2ccc(OC/C(N)=C/NCc3ccccc3)cc2)cc1C(=O)O. The first kappa shape index (κ1) is 22.1. The molecule has 0 fully saturated rings. The van der Waals surface area contributed by atoms with Crippen LogP contribution < -0.4 is 20.5 Å². The van der Waals surface area contributed by atoms with E-state index in [1.165, 1.54) is 17.5 Å². The molecular weight excluding hydrogens is 410 g/mol. The van der Waals surface area contributed by atoms with Gasteiger partial charge in [-0.15, -0.1) is 0 Å². The molecule has 3 rings (SSSR count). The van der Waals surface area contributed by atoms with Crippen LogP contribution in [0.3, 0.4) is 0 Å². The summed E-state index contributed by atoms with van der Waals surface area (Å²) in [6, 6.07) is 22.9. The molecular formula is C24H25N3O3S. The van der Waals surface area contributed by atoms with Crippen LogP contribution in [0.25, 0.3) is 0 Å². The fourth-order valence-corrected chi connectivity index (χ4v) is 3.42. The summed E-state index contributed by atoms with van der Waals surface area (Å²) in [6.07, 6.45) is 1.76. The zero-order valence-electron chi connectivity index (χ0n) is 17.2. The van der Waals surface area contributed by atoms with E-state index in [9.17, 15) is 9.90 Å². The van der Waals surface area contributed by atoms with Gasteiger partial charge in [-0.2, -0.15) is 0 Å². The number of nitrogens with two attached hydrogens (primary N) is 1. The van der Waals surface area contributed by atoms with E-state index in [1.54, 1.807) is 25.3 Å². The van der Waals surface area contributed by atoms with Crippen molar-refractivity contribution in [2.45, 2.75) is 18.4 Å². The molecule has 3 aromatic carbocycles. The second-order valence-electron chi connectivity index (χ2n) is 6.88. The molecule has 0 spiro atoms. The summed E-state index contributed by atoms with van der Waals surface area (Å²) >= 11 is 1.35. The molecule has 31 heavy (non-hydrogen) atoms. The maximum atomic E-state index is 11.3. The average Bonchev–Trinajstić information content (AvgIpc) is 2.78. The highest BCUT2D eigenvalue weighted by Crippen LogP contribution is 2.25. The van der Waals surface area contributed by atoms with Crippen molar-refractivity contribution >= 4 is 23.6 Å². The molecule has 0 aromatic heterocycles. The highest BCUT2D eigenvalue weighted by molar-refractivity contribution is 8.00. The van der Waals surface area contributed by atoms with Crippen LogP contribution in [0.4, 0.5) is 5.69 Å². The second-order valence-corrected chi connectivity index (χ2v) is 7.76. The van der Waals surface area contributed by atoms with Gasteiger partial charge in [0.1, 0.15) is 12.4 Å². The van der Waals surface area contributed by atoms with Crippen molar-refractivity contribution in [1.29, 1.82) is 0 Å². The van der Waals surface area contributed by atoms with E-state index in [1.807, 2.05) is 60.7 Å². The van der Waals surface area contributed by atoms with E-state index in [0.29, 0.717) is 23.6 Å². The summed E-state index contributed by atoms with van der Waals surface area (Å²) in [7, 11) is 0. The van der Waals surface area contributed by atoms with E-state index in [2.05, 4.69) is 10.0 Å². The van der Waals surface area contributed by atoms with Crippen LogP contribution in [0, 0.1) is 6.92 Å². The fraction of sp³-hybridized carbons (Fsp3) is 0.125. The lowest BCUT2D eigenvalue weighted by atomic mass is 10.1. The minimum atomic E-state index is -0.926. The summed E-state index contributed by atoms with van der Waals surface area (Å²) in [5, 5.41) is 12.4. The lowest BCUT2D eigenvalue weighted by Crippen LogP contribution is -2.14. The van der Waals surface area contributed by atoms with Gasteiger partial charge < -0.3 is 25.6 Å². The van der Waals surface area contributed by atoms with Crippen LogP contribution in [0.2, 0.25) is 0 Å². The van der Waals surface area contributed by atoms with Gasteiger partial charge >= 0.3 is 5.97 Å². The van der Waals surface area contributed by atoms with E-state index in [4.69, 9.17) is 10.5 Å². The number of carboxylic acids is 1. The van der Waals surface area contributed by atoms with Crippen molar-refractivity contribution in [3.63, 3.8) is 0 Å². The van der Waals surface area contributed by atoms with Gasteiger partial charge in [-0.05, 0) is 66.4 Å². The number of benzene rings is 3. The van der Waals surface area contributed by atoms with Gasteiger partial charge in [0.15, 0.2) is 0 Å². The Balaban J connectivity index is 1.45. The monoisotopic (exact) mass is 435 g/mol. The number of rotatable bonds is 10. The summed E-state index contributed by atoms with van der Waals surface area (Å²) < 4.78 is 8.91. The van der Waals surface area contributed by atoms with Crippen LogP contribution >= 0.6 is 11.9 Å². The Morgan fingerprint density at radius 2 is 1.84 bits per heavy atom. The normalized spacial score (nSPS) is 11.1. The first-order valence-electron chi connectivity index (χ1n) is 9.73. The van der Waals surface area contributed by atoms with Crippen molar-refractivity contribution in [3.05, 3.63) is 101 Å². The number of anilines is 1. The third kappa shape index (κ3) is 7.01. The number of aromatic carboxylic acids is 1. The molecule has 0 aliphatic carbocycles. The molecule has 5 N–H and O–H groups in total. The van der Waals surface area contributed by atoms with Gasteiger partial charge in [-0.1, -0.05) is 36.4 Å². The highest BCUT2D eigenvalue weighted by Gasteiger charge is 2.08. The molecule has 0 aliphatic rings. The smallest absolute Gasteiger partial charge is 0.335 e. The minimum Gasteiger partial charge on any atom is -0.487 e. The van der Waals surface area contributed by atoms with Crippen LogP contribution in [0.15, 0.2) is 89.6 Å². The predicted octanol–water partition coefficient (Wildman–Crippen LogP) is 4.78. The van der Waals surface area contributed by atoms with Crippen LogP contribution in [0.5, 0.6) is 5.75 Å². The van der Waals surface area contributed by atoms with Crippen LogP contribution in [0.1, 0.15) is 21.5 Å². The largest absolute Gasteiger partial charge is 0.487 e. The van der Waals surface area contributed by atoms with Gasteiger partial charge in [-0.3, -0.25) is 0 Å². The highest BCUT2D eigenvalue weighted by atomic mass is 32.2. The summed E-state index contributed by atoms with van der Waals surface area (Å²) in [6.45, 7) is 2.77. The van der Waals surface area contributed by atoms with Crippen molar-refractivity contribution in [3.8, 4) is 5.75 Å². The molecule has 6 nitrogen and oxygen atoms in total. The number of ether oxygens (including phenoxy) is 1. The Morgan fingerprint density at radius 3 is 2.55 bits per heavy atom. The van der Waals surface area contributed by atoms with Crippen molar-refractivity contribution < 1.29 is 14.6 Å². The topological polar surface area (TPSA) is 96.6 Å². The summed E-state index contributed by atoms with van der Waals surface area (Å²) in [5.41, 5.74) is 9.69. The number of hydrogen-bond donors (Lipinski definition) is 4. The molecule has 7 heteroatoms. The zero-order valence-corrected chi connectivity index (χ0v) is 18.0. The molecule has 0 aliphatic heterocycles. The molecule has 0 unspecified atom stereocenters. The molecule has 3 aromatic rings. The first-order chi connectivity index (χ1) is 15.0. The van der Waals surface area contributed by atoms with E-state index in [0.717, 1.165) is 16.1 Å². The third-order valence-electron chi connectivity index (χ3n) is 4.42. The molecule has 0 saturated heterocycles. The molecule has 0 amide bonds. The summed E-state index contributed by atoms with van der Waals surface area (Å²) in [5.74, 6) is -0.219. The molecule has 0 bridgehead atoms. The number of carboxylic acid groups (broad SMARTS) is 1. The minimum absolute atomic E-state index is 0.282. The second kappa shape index (κ2) is 11.0. The number of hydrogen-bond acceptors (Lipinski definition) is 6. The molecule has 0 heterocycles. The van der Waals surface area contributed by atoms with E-state index >= 15 is 0 Å². The number of nitrogens with one attached hydrogen (secondary N) is 2. The zero-order chi connectivity index (χ0) is 22.1. The lowest BCUT2D eigenvalue weighted by Gasteiger charge is -2.10. The van der Waals surface area contributed by atoms with Crippen molar-refractivity contribution in [2.24, 2.45) is 5.73 Å². The van der Waals surface area contributed by atoms with Gasteiger partial charge in [0.25, 0.3) is 0 Å². The maximum Gasteiger partial charge on any atom is 0.335 e. The van der Waals surface area contributed by atoms with Gasteiger partial charge in [0.2, 0.25) is 0 Å². The fourth-order valence-electron chi connectivity index (χ4n) is 2.74. The molecule has 0 radical (unpaired) electrons. The van der Waals surface area contributed by atoms with Gasteiger partial charge in [-0.25, -0.2) is 4.79 Å². The van der Waals surface area contributed by atoms with E-state index < -0.39 is 5.97 Å². The Bertz CT molecular complexity index is 1040. The van der Waals surface area contributed by atoms with Crippen LogP contribution in [-0.2, 0) is 6.54 Å². The molecule has 160 valence electrons. The Labute approximate surface area is 186 Å². The van der Waals surface area contributed by atoms with Crippen LogP contribution in [-0.4, -0.2) is 17.7 Å².